The second kappa shape index (κ2) is 5.16. The molecule has 0 aromatic carbocycles. The number of hydrogen-bond donors (Lipinski definition) is 1. The molecule has 0 N–H and O–H groups in total. The fraction of sp³-hybridized carbons (Fsp3) is 0.833. The largest absolute Gasteiger partial charge is 0.501 e. The van der Waals surface area contributed by atoms with Gasteiger partial charge in [0, 0.05) is 32.6 Å². The molecule has 11 heavy (non-hydrogen) atoms. The van der Waals surface area contributed by atoms with Gasteiger partial charge in [0.2, 0.25) is 0 Å². The molecule has 0 spiro atoms. The average Bonchev–Trinajstić information content (AvgIpc) is 2.00. The van der Waals surface area contributed by atoms with Gasteiger partial charge in [0.15, 0.2) is 0 Å². The van der Waals surface area contributed by atoms with Crippen molar-refractivity contribution < 1.29 is 13.3 Å². The van der Waals surface area contributed by atoms with Crippen LogP contribution >= 0.6 is 12.6 Å². The van der Waals surface area contributed by atoms with Gasteiger partial charge in [0.1, 0.15) is 0 Å². The van der Waals surface area contributed by atoms with Crippen molar-refractivity contribution in [3.8, 4) is 0 Å². The number of thiol groups is 1. The second-order valence-electron chi connectivity index (χ2n) is 2.15. The molecule has 0 saturated heterocycles. The summed E-state index contributed by atoms with van der Waals surface area (Å²) in [6.07, 6.45) is 0. The van der Waals surface area contributed by atoms with Crippen LogP contribution in [0.3, 0.4) is 0 Å². The number of hydrogen-bond acceptors (Lipinski definition) is 4. The summed E-state index contributed by atoms with van der Waals surface area (Å²) in [5.41, 5.74) is 0. The maximum absolute atomic E-state index is 5.15. The summed E-state index contributed by atoms with van der Waals surface area (Å²) < 4.78 is 15.5. The Morgan fingerprint density at radius 2 is 1.64 bits per heavy atom. The highest BCUT2D eigenvalue weighted by molar-refractivity contribution is 7.81. The molecular weight excluding hydrogens is 180 g/mol. The molecule has 3 nitrogen and oxygen atoms in total. The number of rotatable bonds is 5. The second-order valence-corrected chi connectivity index (χ2v) is 5.88. The Bertz CT molecular complexity index is 97.7. The molecule has 0 amide bonds. The standard InChI is InChI=1S/C6H15O3SSi/c1-6(10)5-11(7-2,8-3)9-4/h6,10H,1,5H2,2-4H3. The highest BCUT2D eigenvalue weighted by atomic mass is 32.1. The fourth-order valence-corrected chi connectivity index (χ4v) is 3.04. The lowest BCUT2D eigenvalue weighted by atomic mass is 10.6. The van der Waals surface area contributed by atoms with Crippen LogP contribution in [0.5, 0.6) is 0 Å². The highest BCUT2D eigenvalue weighted by Gasteiger charge is 2.38. The monoisotopic (exact) mass is 195 g/mol. The Balaban J connectivity index is 4.05. The van der Waals surface area contributed by atoms with Crippen LogP contribution in [-0.4, -0.2) is 35.4 Å². The summed E-state index contributed by atoms with van der Waals surface area (Å²) in [5.74, 6) is 0. The van der Waals surface area contributed by atoms with Gasteiger partial charge in [-0.15, -0.1) is 0 Å². The van der Waals surface area contributed by atoms with E-state index in [1.165, 1.54) is 0 Å². The first-order valence-corrected chi connectivity index (χ1v) is 5.71. The van der Waals surface area contributed by atoms with E-state index < -0.39 is 8.80 Å². The molecule has 0 aliphatic heterocycles. The van der Waals surface area contributed by atoms with Crippen molar-refractivity contribution in [1.29, 1.82) is 0 Å². The zero-order valence-electron chi connectivity index (χ0n) is 7.16. The van der Waals surface area contributed by atoms with Crippen LogP contribution in [0.25, 0.3) is 0 Å². The Labute approximate surface area is 74.8 Å². The van der Waals surface area contributed by atoms with E-state index in [0.717, 1.165) is 0 Å². The molecule has 1 unspecified atom stereocenters. The van der Waals surface area contributed by atoms with Gasteiger partial charge in [-0.2, -0.15) is 12.6 Å². The van der Waals surface area contributed by atoms with Crippen LogP contribution < -0.4 is 0 Å². The molecular formula is C6H15O3SSi. The molecule has 0 rings (SSSR count). The molecule has 67 valence electrons. The lowest BCUT2D eigenvalue weighted by Gasteiger charge is -2.25. The summed E-state index contributed by atoms with van der Waals surface area (Å²) in [7, 11) is 2.32. The minimum absolute atomic E-state index is 0.0125. The molecule has 0 aliphatic rings. The Morgan fingerprint density at radius 3 is 1.73 bits per heavy atom. The van der Waals surface area contributed by atoms with Crippen molar-refractivity contribution in [3.05, 3.63) is 6.92 Å². The van der Waals surface area contributed by atoms with E-state index in [1.807, 2.05) is 0 Å². The third kappa shape index (κ3) is 3.57. The molecule has 0 aliphatic carbocycles. The predicted molar refractivity (Wildman–Crippen MR) is 49.7 cm³/mol. The molecule has 0 bridgehead atoms. The van der Waals surface area contributed by atoms with E-state index in [-0.39, 0.29) is 5.25 Å². The van der Waals surface area contributed by atoms with Gasteiger partial charge >= 0.3 is 8.80 Å². The molecule has 5 heteroatoms. The van der Waals surface area contributed by atoms with Crippen molar-refractivity contribution in [2.24, 2.45) is 0 Å². The molecule has 0 saturated carbocycles. The predicted octanol–water partition coefficient (Wildman–Crippen LogP) is 0.997. The first kappa shape index (κ1) is 11.4. The van der Waals surface area contributed by atoms with Gasteiger partial charge in [-0.25, -0.2) is 0 Å². The van der Waals surface area contributed by atoms with Crippen LogP contribution in [0, 0.1) is 6.92 Å². The van der Waals surface area contributed by atoms with Crippen molar-refractivity contribution in [2.75, 3.05) is 21.3 Å². The minimum Gasteiger partial charge on any atom is -0.377 e. The first-order chi connectivity index (χ1) is 5.10. The van der Waals surface area contributed by atoms with Crippen LogP contribution in [0.2, 0.25) is 6.04 Å². The first-order valence-electron chi connectivity index (χ1n) is 3.27. The fourth-order valence-electron chi connectivity index (χ4n) is 0.789. The Hall–Kier alpha value is 0.447. The molecule has 0 aromatic heterocycles. The van der Waals surface area contributed by atoms with E-state index in [4.69, 9.17) is 13.3 Å². The van der Waals surface area contributed by atoms with Gasteiger partial charge in [0.25, 0.3) is 0 Å². The van der Waals surface area contributed by atoms with Crippen LogP contribution in [0.1, 0.15) is 0 Å². The maximum Gasteiger partial charge on any atom is 0.501 e. The third-order valence-corrected chi connectivity index (χ3v) is 4.80. The normalized spacial score (nSPS) is 15.0. The molecule has 0 aromatic rings. The third-order valence-electron chi connectivity index (χ3n) is 1.42. The van der Waals surface area contributed by atoms with E-state index in [9.17, 15) is 0 Å². The van der Waals surface area contributed by atoms with Gasteiger partial charge in [-0.05, 0) is 6.92 Å². The maximum atomic E-state index is 5.15. The van der Waals surface area contributed by atoms with Gasteiger partial charge in [-0.3, -0.25) is 0 Å². The van der Waals surface area contributed by atoms with Gasteiger partial charge < -0.3 is 13.3 Å². The minimum atomic E-state index is -2.42. The smallest absolute Gasteiger partial charge is 0.377 e. The quantitative estimate of drug-likeness (QED) is 0.524. The summed E-state index contributed by atoms with van der Waals surface area (Å²) in [5, 5.41) is -0.0125. The van der Waals surface area contributed by atoms with Crippen LogP contribution in [-0.2, 0) is 13.3 Å². The Kier molecular flexibility index (Phi) is 5.37. The van der Waals surface area contributed by atoms with E-state index >= 15 is 0 Å². The average molecular weight is 195 g/mol. The van der Waals surface area contributed by atoms with Crippen molar-refractivity contribution in [1.82, 2.24) is 0 Å². The molecule has 0 fully saturated rings. The topological polar surface area (TPSA) is 27.7 Å². The zero-order chi connectivity index (χ0) is 8.91. The van der Waals surface area contributed by atoms with Crippen LogP contribution in [0.15, 0.2) is 0 Å². The molecule has 1 radical (unpaired) electrons. The van der Waals surface area contributed by atoms with Crippen molar-refractivity contribution in [2.45, 2.75) is 11.3 Å². The SMILES string of the molecule is [CH2]C(S)C[Si](OC)(OC)OC. The zero-order valence-corrected chi connectivity index (χ0v) is 9.06. The van der Waals surface area contributed by atoms with Crippen LogP contribution in [0.4, 0.5) is 0 Å². The lowest BCUT2D eigenvalue weighted by molar-refractivity contribution is 0.124. The summed E-state index contributed by atoms with van der Waals surface area (Å²) in [4.78, 5) is 0. The van der Waals surface area contributed by atoms with E-state index in [0.29, 0.717) is 6.04 Å². The molecule has 1 atom stereocenters. The summed E-state index contributed by atoms with van der Waals surface area (Å²) in [6, 6.07) is 0.625. The molecule has 0 heterocycles. The van der Waals surface area contributed by atoms with Gasteiger partial charge in [0.05, 0.1) is 0 Å². The van der Waals surface area contributed by atoms with E-state index in [1.54, 1.807) is 21.3 Å². The van der Waals surface area contributed by atoms with E-state index in [2.05, 4.69) is 19.6 Å². The van der Waals surface area contributed by atoms with Crippen molar-refractivity contribution in [3.63, 3.8) is 0 Å². The Morgan fingerprint density at radius 1 is 1.27 bits per heavy atom. The summed E-state index contributed by atoms with van der Waals surface area (Å²) >= 11 is 4.14. The summed E-state index contributed by atoms with van der Waals surface area (Å²) in [6.45, 7) is 3.73. The van der Waals surface area contributed by atoms with Crippen molar-refractivity contribution >= 4 is 21.4 Å². The lowest BCUT2D eigenvalue weighted by Crippen LogP contribution is -2.44. The van der Waals surface area contributed by atoms with Gasteiger partial charge in [-0.1, -0.05) is 0 Å². The highest BCUT2D eigenvalue weighted by Crippen LogP contribution is 2.17.